The van der Waals surface area contributed by atoms with E-state index in [1.807, 2.05) is 0 Å². The second kappa shape index (κ2) is 8.31. The van der Waals surface area contributed by atoms with Crippen LogP contribution in [0.15, 0.2) is 13.6 Å². The summed E-state index contributed by atoms with van der Waals surface area (Å²) in [6.45, 7) is 1.49. The molecular weight excluding hydrogens is 416 g/mol. The van der Waals surface area contributed by atoms with Gasteiger partial charge in [0.25, 0.3) is 5.91 Å². The first-order valence-corrected chi connectivity index (χ1v) is 8.28. The lowest BCUT2D eigenvalue weighted by Crippen LogP contribution is -2.36. The number of thiocarbonyl (C=S) groups is 1. The van der Waals surface area contributed by atoms with Crippen molar-refractivity contribution in [2.75, 3.05) is 26.8 Å². The minimum absolute atomic E-state index is 0.0536. The number of halogens is 2. The molecule has 1 amide bonds. The lowest BCUT2D eigenvalue weighted by atomic mass is 10.2. The fourth-order valence-corrected chi connectivity index (χ4v) is 4.29. The van der Waals surface area contributed by atoms with Crippen LogP contribution in [0.25, 0.3) is 0 Å². The number of rotatable bonds is 7. The zero-order valence-corrected chi connectivity index (χ0v) is 15.1. The van der Waals surface area contributed by atoms with Gasteiger partial charge in [-0.2, -0.15) is 0 Å². The third-order valence-corrected chi connectivity index (χ3v) is 4.91. The predicted octanol–water partition coefficient (Wildman–Crippen LogP) is 3.04. The van der Waals surface area contributed by atoms with Crippen LogP contribution in [0.5, 0.6) is 0 Å². The Labute approximate surface area is 138 Å². The Kier molecular flexibility index (Phi) is 7.45. The Bertz CT molecular complexity index is 466. The highest BCUT2D eigenvalue weighted by atomic mass is 79.9. The van der Waals surface area contributed by atoms with E-state index in [9.17, 15) is 4.79 Å². The first kappa shape index (κ1) is 17.0. The minimum Gasteiger partial charge on any atom is -0.393 e. The number of carbonyl (C=O) groups excluding carboxylic acids is 1. The molecule has 19 heavy (non-hydrogen) atoms. The third kappa shape index (κ3) is 5.47. The van der Waals surface area contributed by atoms with Gasteiger partial charge in [-0.05, 0) is 37.9 Å². The highest BCUT2D eigenvalue weighted by Gasteiger charge is 2.20. The van der Waals surface area contributed by atoms with Crippen LogP contribution in [0.3, 0.4) is 0 Å². The van der Waals surface area contributed by atoms with Gasteiger partial charge in [-0.25, -0.2) is 0 Å². The van der Waals surface area contributed by atoms with E-state index in [2.05, 4.69) is 31.9 Å². The molecule has 0 aliphatic carbocycles. The van der Waals surface area contributed by atoms with Gasteiger partial charge in [-0.1, -0.05) is 12.2 Å². The largest absolute Gasteiger partial charge is 0.393 e. The Balaban J connectivity index is 2.80. The van der Waals surface area contributed by atoms with Gasteiger partial charge >= 0.3 is 0 Å². The number of amides is 1. The van der Waals surface area contributed by atoms with E-state index in [1.54, 1.807) is 18.1 Å². The fourth-order valence-electron chi connectivity index (χ4n) is 1.42. The van der Waals surface area contributed by atoms with E-state index in [4.69, 9.17) is 22.7 Å². The SMILES string of the molecule is COCCN(CCC(N)=S)C(=O)c1cc(Br)sc1Br. The number of thiophene rings is 1. The van der Waals surface area contributed by atoms with Gasteiger partial charge in [0.15, 0.2) is 0 Å². The molecule has 4 nitrogen and oxygen atoms in total. The Morgan fingerprint density at radius 1 is 1.53 bits per heavy atom. The molecule has 0 aliphatic heterocycles. The molecule has 0 aliphatic rings. The molecule has 1 rings (SSSR count). The molecule has 1 aromatic rings. The van der Waals surface area contributed by atoms with Crippen LogP contribution in [0, 0.1) is 0 Å². The quantitative estimate of drug-likeness (QED) is 0.676. The normalized spacial score (nSPS) is 10.5. The average Bonchev–Trinajstić information content (AvgIpc) is 2.67. The van der Waals surface area contributed by atoms with Crippen molar-refractivity contribution in [3.05, 3.63) is 19.2 Å². The second-order valence-corrected chi connectivity index (χ2v) is 8.01. The van der Waals surface area contributed by atoms with Gasteiger partial charge in [0.1, 0.15) is 0 Å². The third-order valence-electron chi connectivity index (χ3n) is 2.37. The van der Waals surface area contributed by atoms with Crippen LogP contribution in [-0.4, -0.2) is 42.6 Å². The van der Waals surface area contributed by atoms with Crippen molar-refractivity contribution in [3.8, 4) is 0 Å². The summed E-state index contributed by atoms with van der Waals surface area (Å²) in [4.78, 5) is 14.5. The van der Waals surface area contributed by atoms with Crippen molar-refractivity contribution < 1.29 is 9.53 Å². The summed E-state index contributed by atoms with van der Waals surface area (Å²) in [5.74, 6) is -0.0536. The average molecular weight is 430 g/mol. The fraction of sp³-hybridized carbons (Fsp3) is 0.455. The summed E-state index contributed by atoms with van der Waals surface area (Å²) in [5.41, 5.74) is 6.12. The van der Waals surface area contributed by atoms with Crippen molar-refractivity contribution in [1.29, 1.82) is 0 Å². The number of hydrogen-bond acceptors (Lipinski definition) is 4. The molecular formula is C11H14Br2N2O2S2. The highest BCUT2D eigenvalue weighted by molar-refractivity contribution is 9.12. The molecule has 0 radical (unpaired) electrons. The standard InChI is InChI=1S/C11H14Br2N2O2S2/c1-17-5-4-15(3-2-9(14)18)11(16)7-6-8(12)19-10(7)13/h6H,2-5H2,1H3,(H2,14,18). The molecule has 1 aromatic heterocycles. The van der Waals surface area contributed by atoms with E-state index >= 15 is 0 Å². The molecule has 2 N–H and O–H groups in total. The van der Waals surface area contributed by atoms with E-state index < -0.39 is 0 Å². The van der Waals surface area contributed by atoms with Crippen molar-refractivity contribution in [3.63, 3.8) is 0 Å². The highest BCUT2D eigenvalue weighted by Crippen LogP contribution is 2.32. The molecule has 0 spiro atoms. The molecule has 0 bridgehead atoms. The number of nitrogens with zero attached hydrogens (tertiary/aromatic N) is 1. The minimum atomic E-state index is -0.0536. The van der Waals surface area contributed by atoms with Gasteiger partial charge in [0.05, 0.1) is 24.7 Å². The summed E-state index contributed by atoms with van der Waals surface area (Å²) in [5, 5.41) is 0. The number of ether oxygens (including phenoxy) is 1. The van der Waals surface area contributed by atoms with E-state index in [1.165, 1.54) is 11.3 Å². The summed E-state index contributed by atoms with van der Waals surface area (Å²) < 4.78 is 6.74. The van der Waals surface area contributed by atoms with Crippen LogP contribution >= 0.6 is 55.4 Å². The molecule has 0 aromatic carbocycles. The van der Waals surface area contributed by atoms with Gasteiger partial charge in [0, 0.05) is 26.6 Å². The Morgan fingerprint density at radius 3 is 2.68 bits per heavy atom. The smallest absolute Gasteiger partial charge is 0.255 e. The van der Waals surface area contributed by atoms with E-state index in [-0.39, 0.29) is 5.91 Å². The maximum Gasteiger partial charge on any atom is 0.255 e. The predicted molar refractivity (Wildman–Crippen MR) is 88.9 cm³/mol. The molecule has 1 heterocycles. The van der Waals surface area contributed by atoms with Gasteiger partial charge in [0.2, 0.25) is 0 Å². The van der Waals surface area contributed by atoms with E-state index in [0.717, 1.165) is 7.57 Å². The lowest BCUT2D eigenvalue weighted by molar-refractivity contribution is 0.0701. The van der Waals surface area contributed by atoms with Crippen LogP contribution in [0.4, 0.5) is 0 Å². The Morgan fingerprint density at radius 2 is 2.21 bits per heavy atom. The molecule has 0 unspecified atom stereocenters. The topological polar surface area (TPSA) is 55.6 Å². The molecule has 8 heteroatoms. The van der Waals surface area contributed by atoms with E-state index in [0.29, 0.717) is 36.7 Å². The molecule has 106 valence electrons. The second-order valence-electron chi connectivity index (χ2n) is 3.74. The maximum atomic E-state index is 12.4. The van der Waals surface area contributed by atoms with Crippen LogP contribution < -0.4 is 5.73 Å². The lowest BCUT2D eigenvalue weighted by Gasteiger charge is -2.22. The maximum absolute atomic E-state index is 12.4. The molecule has 0 saturated heterocycles. The van der Waals surface area contributed by atoms with Gasteiger partial charge in [-0.3, -0.25) is 4.79 Å². The van der Waals surface area contributed by atoms with Gasteiger partial charge in [-0.15, -0.1) is 11.3 Å². The summed E-state index contributed by atoms with van der Waals surface area (Å²) in [6.07, 6.45) is 0.508. The van der Waals surface area contributed by atoms with Crippen LogP contribution in [0.2, 0.25) is 0 Å². The van der Waals surface area contributed by atoms with Crippen LogP contribution in [0.1, 0.15) is 16.8 Å². The molecule has 0 fully saturated rings. The molecule has 0 atom stereocenters. The zero-order chi connectivity index (χ0) is 14.4. The van der Waals surface area contributed by atoms with Gasteiger partial charge < -0.3 is 15.4 Å². The summed E-state index contributed by atoms with van der Waals surface area (Å²) >= 11 is 13.1. The molecule has 0 saturated carbocycles. The van der Waals surface area contributed by atoms with Crippen molar-refractivity contribution >= 4 is 66.3 Å². The summed E-state index contributed by atoms with van der Waals surface area (Å²) in [7, 11) is 1.60. The van der Waals surface area contributed by atoms with Crippen LogP contribution in [-0.2, 0) is 4.74 Å². The van der Waals surface area contributed by atoms with Crippen molar-refractivity contribution in [2.24, 2.45) is 5.73 Å². The Hall–Kier alpha value is -0.0200. The number of hydrogen-bond donors (Lipinski definition) is 1. The van der Waals surface area contributed by atoms with Crippen molar-refractivity contribution in [2.45, 2.75) is 6.42 Å². The first-order chi connectivity index (χ1) is 8.95. The zero-order valence-electron chi connectivity index (χ0n) is 10.3. The number of nitrogens with two attached hydrogens (primary N) is 1. The first-order valence-electron chi connectivity index (χ1n) is 5.47. The summed E-state index contributed by atoms with van der Waals surface area (Å²) in [6, 6.07) is 1.80. The number of methoxy groups -OCH3 is 1. The monoisotopic (exact) mass is 428 g/mol. The van der Waals surface area contributed by atoms with Crippen molar-refractivity contribution in [1.82, 2.24) is 4.90 Å². The number of carbonyl (C=O) groups is 1.